The van der Waals surface area contributed by atoms with Crippen molar-refractivity contribution in [3.63, 3.8) is 0 Å². The van der Waals surface area contributed by atoms with Crippen LogP contribution < -0.4 is 4.72 Å². The Hall–Kier alpha value is -2.48. The molecule has 1 saturated heterocycles. The van der Waals surface area contributed by atoms with E-state index in [4.69, 9.17) is 0 Å². The highest BCUT2D eigenvalue weighted by atomic mass is 32.2. The van der Waals surface area contributed by atoms with E-state index in [1.807, 2.05) is 0 Å². The number of rotatable bonds is 4. The molecule has 2 aromatic carbocycles. The zero-order valence-corrected chi connectivity index (χ0v) is 14.9. The summed E-state index contributed by atoms with van der Waals surface area (Å²) in [4.78, 5) is 13.7. The summed E-state index contributed by atoms with van der Waals surface area (Å²) >= 11 is 0. The fraction of sp³-hybridized carbons (Fsp3) is 0.278. The number of nitrogens with one attached hydrogen (secondary N) is 1. The first-order valence-electron chi connectivity index (χ1n) is 8.16. The quantitative estimate of drug-likeness (QED) is 0.885. The predicted molar refractivity (Wildman–Crippen MR) is 93.5 cm³/mol. The molecule has 0 radical (unpaired) electrons. The van der Waals surface area contributed by atoms with Crippen molar-refractivity contribution in [3.05, 3.63) is 59.2 Å². The molecule has 0 spiro atoms. The standard InChI is InChI=1S/C18H18F2N2O3S/c1-12-5-4-6-14(18(23)22-9-2-3-10-22)17(12)21-26(24,25)16-8-7-13(19)11-15(16)20/h4-8,11,21H,2-3,9-10H2,1H3. The lowest BCUT2D eigenvalue weighted by atomic mass is 10.1. The van der Waals surface area contributed by atoms with Crippen molar-refractivity contribution in [2.45, 2.75) is 24.7 Å². The van der Waals surface area contributed by atoms with Gasteiger partial charge in [-0.25, -0.2) is 17.2 Å². The lowest BCUT2D eigenvalue weighted by Gasteiger charge is -2.20. The molecule has 0 bridgehead atoms. The van der Waals surface area contributed by atoms with Gasteiger partial charge < -0.3 is 4.90 Å². The van der Waals surface area contributed by atoms with Crippen molar-refractivity contribution in [1.29, 1.82) is 0 Å². The summed E-state index contributed by atoms with van der Waals surface area (Å²) in [5, 5.41) is 0. The minimum atomic E-state index is -4.33. The Morgan fingerprint density at radius 3 is 2.46 bits per heavy atom. The number of hydrogen-bond donors (Lipinski definition) is 1. The normalized spacial score (nSPS) is 14.5. The van der Waals surface area contributed by atoms with Crippen molar-refractivity contribution < 1.29 is 22.0 Å². The molecule has 0 saturated carbocycles. The number of amides is 1. The van der Waals surface area contributed by atoms with Gasteiger partial charge in [0.25, 0.3) is 15.9 Å². The van der Waals surface area contributed by atoms with Gasteiger partial charge in [-0.05, 0) is 43.5 Å². The van der Waals surface area contributed by atoms with Crippen LogP contribution >= 0.6 is 0 Å². The van der Waals surface area contributed by atoms with E-state index in [9.17, 15) is 22.0 Å². The Morgan fingerprint density at radius 2 is 1.81 bits per heavy atom. The molecular formula is C18H18F2N2O3S. The number of para-hydroxylation sites is 1. The lowest BCUT2D eigenvalue weighted by Crippen LogP contribution is -2.29. The zero-order chi connectivity index (χ0) is 18.9. The lowest BCUT2D eigenvalue weighted by molar-refractivity contribution is 0.0794. The largest absolute Gasteiger partial charge is 0.339 e. The van der Waals surface area contributed by atoms with Crippen LogP contribution in [0, 0.1) is 18.6 Å². The van der Waals surface area contributed by atoms with E-state index in [1.165, 1.54) is 6.07 Å². The van der Waals surface area contributed by atoms with Gasteiger partial charge in [0, 0.05) is 19.2 Å². The van der Waals surface area contributed by atoms with Crippen molar-refractivity contribution in [1.82, 2.24) is 4.90 Å². The van der Waals surface area contributed by atoms with Gasteiger partial charge in [-0.3, -0.25) is 9.52 Å². The third kappa shape index (κ3) is 3.55. The maximum absolute atomic E-state index is 13.9. The molecule has 1 aliphatic heterocycles. The first-order chi connectivity index (χ1) is 12.3. The second kappa shape index (κ2) is 7.03. The second-order valence-electron chi connectivity index (χ2n) is 6.18. The fourth-order valence-electron chi connectivity index (χ4n) is 2.95. The van der Waals surface area contributed by atoms with Crippen LogP contribution in [0.4, 0.5) is 14.5 Å². The van der Waals surface area contributed by atoms with Crippen LogP contribution in [0.15, 0.2) is 41.3 Å². The Labute approximate surface area is 150 Å². The molecule has 1 aliphatic rings. The van der Waals surface area contributed by atoms with Gasteiger partial charge in [0.15, 0.2) is 0 Å². The van der Waals surface area contributed by atoms with E-state index < -0.39 is 26.6 Å². The molecule has 1 heterocycles. The molecular weight excluding hydrogens is 362 g/mol. The number of aryl methyl sites for hydroxylation is 1. The molecule has 3 rings (SSSR count). The van der Waals surface area contributed by atoms with Gasteiger partial charge >= 0.3 is 0 Å². The molecule has 138 valence electrons. The number of carbonyl (C=O) groups is 1. The van der Waals surface area contributed by atoms with E-state index in [0.717, 1.165) is 25.0 Å². The van der Waals surface area contributed by atoms with Crippen LogP contribution in [-0.4, -0.2) is 32.3 Å². The number of carbonyl (C=O) groups excluding carboxylic acids is 1. The first kappa shape index (κ1) is 18.3. The number of anilines is 1. The van der Waals surface area contributed by atoms with Crippen LogP contribution in [0.1, 0.15) is 28.8 Å². The number of likely N-dealkylation sites (tertiary alicyclic amines) is 1. The molecule has 0 aromatic heterocycles. The van der Waals surface area contributed by atoms with E-state index in [0.29, 0.717) is 24.7 Å². The van der Waals surface area contributed by atoms with E-state index in [2.05, 4.69) is 4.72 Å². The number of halogens is 2. The molecule has 8 heteroatoms. The topological polar surface area (TPSA) is 66.5 Å². The summed E-state index contributed by atoms with van der Waals surface area (Å²) in [5.74, 6) is -2.34. The zero-order valence-electron chi connectivity index (χ0n) is 14.1. The van der Waals surface area contributed by atoms with Crippen molar-refractivity contribution in [3.8, 4) is 0 Å². The molecule has 1 amide bonds. The van der Waals surface area contributed by atoms with Crippen LogP contribution in [-0.2, 0) is 10.0 Å². The predicted octanol–water partition coefficient (Wildman–Crippen LogP) is 3.31. The van der Waals surface area contributed by atoms with Gasteiger partial charge in [0.1, 0.15) is 16.5 Å². The Morgan fingerprint density at radius 1 is 1.12 bits per heavy atom. The Balaban J connectivity index is 2.00. The van der Waals surface area contributed by atoms with Gasteiger partial charge in [-0.1, -0.05) is 12.1 Å². The smallest absolute Gasteiger partial charge is 0.264 e. The van der Waals surface area contributed by atoms with Crippen LogP contribution in [0.3, 0.4) is 0 Å². The number of sulfonamides is 1. The van der Waals surface area contributed by atoms with Gasteiger partial charge in [0.05, 0.1) is 11.3 Å². The summed E-state index contributed by atoms with van der Waals surface area (Å²) in [6, 6.07) is 7.07. The van der Waals surface area contributed by atoms with Crippen molar-refractivity contribution >= 4 is 21.6 Å². The molecule has 0 atom stereocenters. The molecule has 0 unspecified atom stereocenters. The monoisotopic (exact) mass is 380 g/mol. The minimum absolute atomic E-state index is 0.105. The fourth-order valence-corrected chi connectivity index (χ4v) is 4.17. The molecule has 2 aromatic rings. The molecule has 1 fully saturated rings. The Kier molecular flexibility index (Phi) is 4.95. The number of benzene rings is 2. The van der Waals surface area contributed by atoms with Gasteiger partial charge in [-0.15, -0.1) is 0 Å². The molecule has 5 nitrogen and oxygen atoms in total. The highest BCUT2D eigenvalue weighted by Crippen LogP contribution is 2.27. The summed E-state index contributed by atoms with van der Waals surface area (Å²) < 4.78 is 54.4. The van der Waals surface area contributed by atoms with Crippen molar-refractivity contribution in [2.75, 3.05) is 17.8 Å². The average Bonchev–Trinajstić information content (AvgIpc) is 3.10. The third-order valence-corrected chi connectivity index (χ3v) is 5.70. The summed E-state index contributed by atoms with van der Waals surface area (Å²) in [5.41, 5.74) is 0.840. The maximum atomic E-state index is 13.9. The highest BCUT2D eigenvalue weighted by Gasteiger charge is 2.26. The second-order valence-corrected chi connectivity index (χ2v) is 7.83. The maximum Gasteiger partial charge on any atom is 0.264 e. The van der Waals surface area contributed by atoms with E-state index >= 15 is 0 Å². The summed E-state index contributed by atoms with van der Waals surface area (Å²) in [6.07, 6.45) is 1.80. The highest BCUT2D eigenvalue weighted by molar-refractivity contribution is 7.92. The van der Waals surface area contributed by atoms with Crippen LogP contribution in [0.2, 0.25) is 0 Å². The third-order valence-electron chi connectivity index (χ3n) is 4.32. The van der Waals surface area contributed by atoms with E-state index in [1.54, 1.807) is 24.0 Å². The number of hydrogen-bond acceptors (Lipinski definition) is 3. The molecule has 0 aliphatic carbocycles. The summed E-state index contributed by atoms with van der Waals surface area (Å²) in [6.45, 7) is 2.89. The van der Waals surface area contributed by atoms with Crippen LogP contribution in [0.25, 0.3) is 0 Å². The summed E-state index contributed by atoms with van der Waals surface area (Å²) in [7, 11) is -4.33. The Bertz CT molecular complexity index is 955. The van der Waals surface area contributed by atoms with Gasteiger partial charge in [-0.2, -0.15) is 0 Å². The first-order valence-corrected chi connectivity index (χ1v) is 9.64. The average molecular weight is 380 g/mol. The van der Waals surface area contributed by atoms with Crippen molar-refractivity contribution in [2.24, 2.45) is 0 Å². The van der Waals surface area contributed by atoms with E-state index in [-0.39, 0.29) is 17.2 Å². The SMILES string of the molecule is Cc1cccc(C(=O)N2CCCC2)c1NS(=O)(=O)c1ccc(F)cc1F. The van der Waals surface area contributed by atoms with Gasteiger partial charge in [0.2, 0.25) is 0 Å². The van der Waals surface area contributed by atoms with Crippen LogP contribution in [0.5, 0.6) is 0 Å². The number of nitrogens with zero attached hydrogens (tertiary/aromatic N) is 1. The molecule has 26 heavy (non-hydrogen) atoms. The molecule has 1 N–H and O–H groups in total. The minimum Gasteiger partial charge on any atom is -0.339 e.